The zero-order valence-corrected chi connectivity index (χ0v) is 10.3. The predicted octanol–water partition coefficient (Wildman–Crippen LogP) is 1.90. The van der Waals surface area contributed by atoms with E-state index in [9.17, 15) is 4.79 Å². The molecule has 1 saturated carbocycles. The fourth-order valence-corrected chi connectivity index (χ4v) is 1.65. The Hall–Kier alpha value is -1.71. The van der Waals surface area contributed by atoms with Crippen molar-refractivity contribution in [2.75, 3.05) is 31.3 Å². The van der Waals surface area contributed by atoms with Crippen LogP contribution in [0.2, 0.25) is 0 Å². The molecule has 92 valence electrons. The minimum Gasteiger partial charge on any atom is -0.462 e. The van der Waals surface area contributed by atoms with Crippen molar-refractivity contribution >= 4 is 17.3 Å². The summed E-state index contributed by atoms with van der Waals surface area (Å²) in [5, 5.41) is 0. The first-order valence-corrected chi connectivity index (χ1v) is 5.82. The highest BCUT2D eigenvalue weighted by molar-refractivity contribution is 5.92. The van der Waals surface area contributed by atoms with E-state index in [2.05, 4.69) is 0 Å². The maximum atomic E-state index is 11.7. The molecule has 1 aromatic carbocycles. The molecule has 1 aliphatic carbocycles. The summed E-state index contributed by atoms with van der Waals surface area (Å²) in [7, 11) is 3.83. The molecule has 4 nitrogen and oxygen atoms in total. The molecule has 0 aliphatic heterocycles. The van der Waals surface area contributed by atoms with Crippen molar-refractivity contribution in [2.45, 2.75) is 12.8 Å². The second kappa shape index (κ2) is 4.65. The molecule has 17 heavy (non-hydrogen) atoms. The SMILES string of the molecule is CN(C)c1ccc(C(=O)OCC2CC2)cc1N. The van der Waals surface area contributed by atoms with E-state index in [-0.39, 0.29) is 5.97 Å². The lowest BCUT2D eigenvalue weighted by Gasteiger charge is -2.15. The number of carbonyl (C=O) groups excluding carboxylic acids is 1. The number of anilines is 2. The molecule has 1 fully saturated rings. The maximum Gasteiger partial charge on any atom is 0.338 e. The smallest absolute Gasteiger partial charge is 0.338 e. The topological polar surface area (TPSA) is 55.6 Å². The normalized spacial score (nSPS) is 14.5. The van der Waals surface area contributed by atoms with E-state index in [1.165, 1.54) is 12.8 Å². The minimum atomic E-state index is -0.283. The van der Waals surface area contributed by atoms with Gasteiger partial charge in [0.05, 0.1) is 23.5 Å². The van der Waals surface area contributed by atoms with Gasteiger partial charge in [-0.15, -0.1) is 0 Å². The monoisotopic (exact) mass is 234 g/mol. The van der Waals surface area contributed by atoms with Crippen LogP contribution in [0.5, 0.6) is 0 Å². The average molecular weight is 234 g/mol. The number of hydrogen-bond donors (Lipinski definition) is 1. The third kappa shape index (κ3) is 2.90. The molecular formula is C13H18N2O2. The second-order valence-electron chi connectivity index (χ2n) is 4.71. The van der Waals surface area contributed by atoms with Crippen LogP contribution in [0.25, 0.3) is 0 Å². The average Bonchev–Trinajstić information content (AvgIpc) is 3.09. The van der Waals surface area contributed by atoms with Gasteiger partial charge in [0.25, 0.3) is 0 Å². The summed E-state index contributed by atoms with van der Waals surface area (Å²) >= 11 is 0. The Balaban J connectivity index is 2.04. The van der Waals surface area contributed by atoms with E-state index < -0.39 is 0 Å². The van der Waals surface area contributed by atoms with Gasteiger partial charge in [-0.3, -0.25) is 0 Å². The molecule has 2 N–H and O–H groups in total. The highest BCUT2D eigenvalue weighted by Crippen LogP contribution is 2.29. The molecule has 2 rings (SSSR count). The standard InChI is InChI=1S/C13H18N2O2/c1-15(2)12-6-5-10(7-11(12)14)13(16)17-8-9-3-4-9/h5-7,9H,3-4,8,14H2,1-2H3. The van der Waals surface area contributed by atoms with Crippen molar-refractivity contribution in [1.82, 2.24) is 0 Å². The Kier molecular flexibility index (Phi) is 3.22. The number of esters is 1. The number of nitrogens with zero attached hydrogens (tertiary/aromatic N) is 1. The summed E-state index contributed by atoms with van der Waals surface area (Å²) in [5.41, 5.74) is 7.90. The van der Waals surface area contributed by atoms with E-state index in [0.29, 0.717) is 23.8 Å². The van der Waals surface area contributed by atoms with Crippen LogP contribution >= 0.6 is 0 Å². The number of nitrogen functional groups attached to an aromatic ring is 1. The van der Waals surface area contributed by atoms with Gasteiger partial charge in [-0.25, -0.2) is 4.79 Å². The molecule has 4 heteroatoms. The van der Waals surface area contributed by atoms with Gasteiger partial charge in [0, 0.05) is 14.1 Å². The quantitative estimate of drug-likeness (QED) is 0.638. The first-order valence-electron chi connectivity index (χ1n) is 5.82. The van der Waals surface area contributed by atoms with Gasteiger partial charge in [-0.05, 0) is 37.0 Å². The van der Waals surface area contributed by atoms with E-state index >= 15 is 0 Å². The summed E-state index contributed by atoms with van der Waals surface area (Å²) in [5.74, 6) is 0.297. The first-order chi connectivity index (χ1) is 8.08. The van der Waals surface area contributed by atoms with Gasteiger partial charge in [-0.1, -0.05) is 0 Å². The van der Waals surface area contributed by atoms with Crippen molar-refractivity contribution in [1.29, 1.82) is 0 Å². The Morgan fingerprint density at radius 2 is 2.18 bits per heavy atom. The van der Waals surface area contributed by atoms with Crippen LogP contribution in [0.4, 0.5) is 11.4 Å². The molecule has 0 heterocycles. The van der Waals surface area contributed by atoms with Gasteiger partial charge in [0.2, 0.25) is 0 Å². The summed E-state index contributed by atoms with van der Waals surface area (Å²) in [6.45, 7) is 0.536. The second-order valence-corrected chi connectivity index (χ2v) is 4.71. The third-order valence-corrected chi connectivity index (χ3v) is 2.89. The van der Waals surface area contributed by atoms with E-state index in [4.69, 9.17) is 10.5 Å². The highest BCUT2D eigenvalue weighted by atomic mass is 16.5. The van der Waals surface area contributed by atoms with Crippen molar-refractivity contribution in [3.8, 4) is 0 Å². The van der Waals surface area contributed by atoms with Gasteiger partial charge < -0.3 is 15.4 Å². The number of rotatable bonds is 4. The van der Waals surface area contributed by atoms with Crippen molar-refractivity contribution in [2.24, 2.45) is 5.92 Å². The summed E-state index contributed by atoms with van der Waals surface area (Å²) in [4.78, 5) is 13.6. The van der Waals surface area contributed by atoms with Crippen molar-refractivity contribution < 1.29 is 9.53 Å². The van der Waals surface area contributed by atoms with Crippen LogP contribution in [0.15, 0.2) is 18.2 Å². The molecule has 0 atom stereocenters. The molecular weight excluding hydrogens is 216 g/mol. The van der Waals surface area contributed by atoms with Crippen molar-refractivity contribution in [3.63, 3.8) is 0 Å². The van der Waals surface area contributed by atoms with Crippen LogP contribution < -0.4 is 10.6 Å². The molecule has 1 aromatic rings. The van der Waals surface area contributed by atoms with Gasteiger partial charge in [0.15, 0.2) is 0 Å². The largest absolute Gasteiger partial charge is 0.462 e. The molecule has 0 radical (unpaired) electrons. The maximum absolute atomic E-state index is 11.7. The Morgan fingerprint density at radius 3 is 2.71 bits per heavy atom. The van der Waals surface area contributed by atoms with Crippen LogP contribution in [0.1, 0.15) is 23.2 Å². The van der Waals surface area contributed by atoms with E-state index in [0.717, 1.165) is 5.69 Å². The summed E-state index contributed by atoms with van der Waals surface area (Å²) < 4.78 is 5.20. The Labute approximate surface area is 101 Å². The lowest BCUT2D eigenvalue weighted by molar-refractivity contribution is 0.0486. The number of carbonyl (C=O) groups is 1. The molecule has 1 aliphatic rings. The number of ether oxygens (including phenoxy) is 1. The predicted molar refractivity (Wildman–Crippen MR) is 68.2 cm³/mol. The first kappa shape index (κ1) is 11.8. The lowest BCUT2D eigenvalue weighted by Crippen LogP contribution is -2.13. The van der Waals surface area contributed by atoms with E-state index in [1.807, 2.05) is 25.1 Å². The Bertz CT molecular complexity index is 425. The van der Waals surface area contributed by atoms with Crippen molar-refractivity contribution in [3.05, 3.63) is 23.8 Å². The molecule has 0 saturated heterocycles. The van der Waals surface area contributed by atoms with Gasteiger partial charge in [-0.2, -0.15) is 0 Å². The molecule has 0 spiro atoms. The zero-order chi connectivity index (χ0) is 12.4. The number of benzene rings is 1. The zero-order valence-electron chi connectivity index (χ0n) is 10.3. The molecule has 0 amide bonds. The highest BCUT2D eigenvalue weighted by Gasteiger charge is 2.23. The fourth-order valence-electron chi connectivity index (χ4n) is 1.65. The number of nitrogens with two attached hydrogens (primary N) is 1. The van der Waals surface area contributed by atoms with Gasteiger partial charge >= 0.3 is 5.97 Å². The lowest BCUT2D eigenvalue weighted by atomic mass is 10.1. The van der Waals surface area contributed by atoms with Gasteiger partial charge in [0.1, 0.15) is 0 Å². The number of hydrogen-bond acceptors (Lipinski definition) is 4. The molecule has 0 aromatic heterocycles. The molecule has 0 bridgehead atoms. The van der Waals surface area contributed by atoms with Crippen LogP contribution in [-0.4, -0.2) is 26.7 Å². The summed E-state index contributed by atoms with van der Waals surface area (Å²) in [6, 6.07) is 5.26. The minimum absolute atomic E-state index is 0.283. The van der Waals surface area contributed by atoms with Crippen LogP contribution in [0.3, 0.4) is 0 Å². The van der Waals surface area contributed by atoms with Crippen LogP contribution in [-0.2, 0) is 4.74 Å². The Morgan fingerprint density at radius 1 is 1.47 bits per heavy atom. The summed E-state index contributed by atoms with van der Waals surface area (Å²) in [6.07, 6.45) is 2.35. The van der Waals surface area contributed by atoms with Crippen LogP contribution in [0, 0.1) is 5.92 Å². The molecule has 0 unspecified atom stereocenters. The third-order valence-electron chi connectivity index (χ3n) is 2.89. The fraction of sp³-hybridized carbons (Fsp3) is 0.462. The van der Waals surface area contributed by atoms with E-state index in [1.54, 1.807) is 12.1 Å².